The molecule has 1 fully saturated rings. The molecule has 7 atom stereocenters. The summed E-state index contributed by atoms with van der Waals surface area (Å²) >= 11 is 0. The lowest BCUT2D eigenvalue weighted by Gasteiger charge is -2.40. The van der Waals surface area contributed by atoms with Gasteiger partial charge in [0.25, 0.3) is 5.91 Å². The topological polar surface area (TPSA) is 312 Å². The fourth-order valence-corrected chi connectivity index (χ4v) is 5.43. The quantitative estimate of drug-likeness (QED) is 0.0605. The molecule has 0 radical (unpaired) electrons. The molecule has 10 N–H and O–H groups in total. The van der Waals surface area contributed by atoms with Crippen molar-refractivity contribution in [3.63, 3.8) is 0 Å². The third kappa shape index (κ3) is 13.6. The van der Waals surface area contributed by atoms with Crippen LogP contribution in [0.4, 0.5) is 9.18 Å². The van der Waals surface area contributed by atoms with E-state index in [9.17, 15) is 53.6 Å². The van der Waals surface area contributed by atoms with Gasteiger partial charge in [-0.3, -0.25) is 18.8 Å². The zero-order valence-electron chi connectivity index (χ0n) is 29.2. The van der Waals surface area contributed by atoms with Crippen molar-refractivity contribution in [2.24, 2.45) is 0 Å². The fraction of sp³-hybridized carbons (Fsp3) is 0.576. The van der Waals surface area contributed by atoms with Gasteiger partial charge in [-0.05, 0) is 62.6 Å². The van der Waals surface area contributed by atoms with Crippen LogP contribution in [0.25, 0.3) is 5.69 Å². The number of nitrogens with one attached hydrogen (secondary N) is 4. The number of aryl methyl sites for hydroxylation is 2. The number of rotatable bonds is 22. The number of aromatic nitrogens is 3. The van der Waals surface area contributed by atoms with E-state index in [0.29, 0.717) is 25.0 Å². The Morgan fingerprint density at radius 1 is 0.815 bits per heavy atom. The summed E-state index contributed by atoms with van der Waals surface area (Å²) in [5.74, 6) is -5.44. The normalized spacial score (nSPS) is 20.6. The number of carboxylic acids is 3. The van der Waals surface area contributed by atoms with Gasteiger partial charge in [-0.2, -0.15) is 0 Å². The number of halogens is 1. The highest BCUT2D eigenvalue weighted by molar-refractivity contribution is 5.86. The Kier molecular flexibility index (Phi) is 17.1. The van der Waals surface area contributed by atoms with Crippen molar-refractivity contribution in [2.75, 3.05) is 19.8 Å². The van der Waals surface area contributed by atoms with E-state index in [2.05, 4.69) is 26.3 Å². The largest absolute Gasteiger partial charge is 0.481 e. The molecule has 54 heavy (non-hydrogen) atoms. The second kappa shape index (κ2) is 21.5. The Morgan fingerprint density at radius 2 is 1.48 bits per heavy atom. The molecular weight excluding hydrogens is 721 g/mol. The van der Waals surface area contributed by atoms with Crippen LogP contribution in [0.15, 0.2) is 30.5 Å². The summed E-state index contributed by atoms with van der Waals surface area (Å²) in [7, 11) is 0. The zero-order chi connectivity index (χ0) is 39.8. The number of carbonyl (C=O) groups is 6. The van der Waals surface area contributed by atoms with Crippen LogP contribution >= 0.6 is 0 Å². The Balaban J connectivity index is 1.40. The van der Waals surface area contributed by atoms with Crippen molar-refractivity contribution >= 4 is 35.8 Å². The number of aliphatic hydroxyl groups is 3. The summed E-state index contributed by atoms with van der Waals surface area (Å²) in [6.07, 6.45) is -5.85. The summed E-state index contributed by atoms with van der Waals surface area (Å²) in [4.78, 5) is 71.2. The molecule has 20 nitrogen and oxygen atoms in total. The van der Waals surface area contributed by atoms with Crippen LogP contribution in [0, 0.1) is 0 Å². The van der Waals surface area contributed by atoms with Crippen LogP contribution < -0.4 is 21.3 Å². The van der Waals surface area contributed by atoms with E-state index in [1.54, 1.807) is 23.0 Å². The lowest BCUT2D eigenvalue weighted by atomic mass is 9.94. The molecule has 1 aromatic carbocycles. The first-order valence-electron chi connectivity index (χ1n) is 17.2. The number of benzene rings is 1. The van der Waals surface area contributed by atoms with E-state index in [-0.39, 0.29) is 38.8 Å². The number of ether oxygens (including phenoxy) is 1. The van der Waals surface area contributed by atoms with Crippen molar-refractivity contribution in [1.29, 1.82) is 0 Å². The lowest BCUT2D eigenvalue weighted by Crippen LogP contribution is -2.63. The number of aliphatic hydroxyl groups excluding tert-OH is 3. The third-order valence-electron chi connectivity index (χ3n) is 8.49. The highest BCUT2D eigenvalue weighted by Crippen LogP contribution is 2.21. The van der Waals surface area contributed by atoms with Crippen molar-refractivity contribution in [1.82, 2.24) is 36.3 Å². The number of carbonyl (C=O) groups excluding carboxylic acids is 3. The number of urea groups is 1. The van der Waals surface area contributed by atoms with Crippen molar-refractivity contribution in [2.45, 2.75) is 100 Å². The second-order valence-corrected chi connectivity index (χ2v) is 12.6. The molecule has 1 aromatic heterocycles. The van der Waals surface area contributed by atoms with Gasteiger partial charge >= 0.3 is 23.9 Å². The molecule has 2 heterocycles. The third-order valence-corrected chi connectivity index (χ3v) is 8.49. The Labute approximate surface area is 308 Å². The number of unbranched alkanes of at least 4 members (excludes halogenated alkanes) is 1. The van der Waals surface area contributed by atoms with E-state index >= 15 is 0 Å². The van der Waals surface area contributed by atoms with E-state index in [0.717, 1.165) is 11.3 Å². The highest BCUT2D eigenvalue weighted by atomic mass is 19.1. The minimum absolute atomic E-state index is 0.0401. The maximum atomic E-state index is 12.8. The number of carboxylic acid groups (broad SMARTS) is 3. The minimum atomic E-state index is -1.81. The molecule has 21 heteroatoms. The first-order valence-corrected chi connectivity index (χ1v) is 17.2. The highest BCUT2D eigenvalue weighted by Gasteiger charge is 2.46. The van der Waals surface area contributed by atoms with E-state index < -0.39 is 97.9 Å². The molecule has 0 saturated carbocycles. The van der Waals surface area contributed by atoms with Crippen LogP contribution in [-0.4, -0.2) is 144 Å². The van der Waals surface area contributed by atoms with E-state index in [4.69, 9.17) is 14.9 Å². The van der Waals surface area contributed by atoms with E-state index in [1.807, 2.05) is 17.4 Å². The predicted molar refractivity (Wildman–Crippen MR) is 182 cm³/mol. The number of hydrogen-bond acceptors (Lipinski definition) is 12. The Bertz CT molecular complexity index is 1580. The van der Waals surface area contributed by atoms with Crippen molar-refractivity contribution in [3.8, 4) is 5.69 Å². The number of hydrogen-bond donors (Lipinski definition) is 10. The van der Waals surface area contributed by atoms with E-state index in [1.165, 1.54) is 0 Å². The summed E-state index contributed by atoms with van der Waals surface area (Å²) in [6, 6.07) is 3.10. The Hall–Kier alpha value is -5.25. The van der Waals surface area contributed by atoms with Gasteiger partial charge in [0.05, 0.1) is 24.3 Å². The van der Waals surface area contributed by atoms with Gasteiger partial charge in [-0.25, -0.2) is 19.1 Å². The zero-order valence-corrected chi connectivity index (χ0v) is 29.2. The summed E-state index contributed by atoms with van der Waals surface area (Å²) in [6.45, 7) is -0.764. The maximum Gasteiger partial charge on any atom is 0.326 e. The monoisotopic (exact) mass is 767 g/mol. The fourth-order valence-electron chi connectivity index (χ4n) is 5.43. The molecule has 2 aromatic rings. The molecule has 1 aliphatic heterocycles. The van der Waals surface area contributed by atoms with Crippen LogP contribution in [0.2, 0.25) is 0 Å². The molecule has 298 valence electrons. The molecule has 0 aliphatic carbocycles. The molecular formula is C33H46FN7O13. The van der Waals surface area contributed by atoms with Crippen molar-refractivity contribution < 1.29 is 68.5 Å². The predicted octanol–water partition coefficient (Wildman–Crippen LogP) is -1.57. The van der Waals surface area contributed by atoms with Crippen LogP contribution in [-0.2, 0) is 41.6 Å². The average molecular weight is 768 g/mol. The van der Waals surface area contributed by atoms with Crippen LogP contribution in [0.1, 0.15) is 56.2 Å². The average Bonchev–Trinajstić information content (AvgIpc) is 3.61. The first kappa shape index (κ1) is 43.2. The summed E-state index contributed by atoms with van der Waals surface area (Å²) in [5, 5.41) is 75.8. The number of nitrogens with zero attached hydrogens (tertiary/aromatic N) is 3. The van der Waals surface area contributed by atoms with Gasteiger partial charge in [0.1, 0.15) is 36.5 Å². The molecule has 4 amide bonds. The minimum Gasteiger partial charge on any atom is -0.481 e. The van der Waals surface area contributed by atoms with Crippen molar-refractivity contribution in [3.05, 3.63) is 41.7 Å². The maximum absolute atomic E-state index is 12.8. The van der Waals surface area contributed by atoms with Gasteiger partial charge in [0.2, 0.25) is 5.91 Å². The molecule has 3 rings (SSSR count). The van der Waals surface area contributed by atoms with Gasteiger partial charge in [-0.15, -0.1) is 5.10 Å². The SMILES string of the molecule is O=C(O)CCC(NC(=O)NC(CCCCNC(=O)[C@H]1O[C@@H](CNC(=O)CCc2ccc(-n3cc(CCCF)nn3)cc2)[C@H](O)[C@@H](O)[C@H]1O)C(=O)O)C(=O)O. The molecule has 1 saturated heterocycles. The van der Waals surface area contributed by atoms with Gasteiger partial charge in [0.15, 0.2) is 6.10 Å². The number of alkyl halides is 1. The van der Waals surface area contributed by atoms with Gasteiger partial charge in [-0.1, -0.05) is 17.3 Å². The van der Waals surface area contributed by atoms with Gasteiger partial charge in [0, 0.05) is 25.9 Å². The summed E-state index contributed by atoms with van der Waals surface area (Å²) < 4.78 is 19.5. The lowest BCUT2D eigenvalue weighted by molar-refractivity contribution is -0.219. The smallest absolute Gasteiger partial charge is 0.326 e. The molecule has 1 aliphatic rings. The molecule has 2 unspecified atom stereocenters. The molecule has 0 spiro atoms. The standard InChI is InChI=1S/C33H46FN7O13/c34-14-3-4-19-17-41(40-39-19)20-9-6-18(7-10-20)8-12-24(42)36-16-23-26(45)27(46)28(47)29(54-23)30(48)35-15-2-1-5-21(31(49)50)37-33(53)38-22(32(51)52)11-13-25(43)44/h6-7,9-10,17,21-23,26-29,45-47H,1-5,8,11-16H2,(H,35,48)(H,36,42)(H,43,44)(H,49,50)(H,51,52)(H2,37,38,53)/t21?,22?,23-,26-,27+,28+,29-/m0/s1. The van der Waals surface area contributed by atoms with Crippen LogP contribution in [0.5, 0.6) is 0 Å². The number of aliphatic carboxylic acids is 3. The number of amides is 4. The first-order chi connectivity index (χ1) is 25.7. The van der Waals surface area contributed by atoms with Gasteiger partial charge < -0.3 is 56.6 Å². The van der Waals surface area contributed by atoms with Crippen LogP contribution in [0.3, 0.4) is 0 Å². The second-order valence-electron chi connectivity index (χ2n) is 12.6. The summed E-state index contributed by atoms with van der Waals surface area (Å²) in [5.41, 5.74) is 2.25. The molecule has 0 bridgehead atoms. The Morgan fingerprint density at radius 3 is 2.11 bits per heavy atom.